The average Bonchev–Trinajstić information content (AvgIpc) is 3.24. The molecule has 0 bridgehead atoms. The van der Waals surface area contributed by atoms with E-state index < -0.39 is 36.2 Å². The minimum Gasteiger partial charge on any atom is -0.389 e. The summed E-state index contributed by atoms with van der Waals surface area (Å²) >= 11 is 1.28. The van der Waals surface area contributed by atoms with Gasteiger partial charge in [-0.05, 0) is 31.5 Å². The number of aliphatic hydroxyl groups excluding tert-OH is 4. The zero-order valence-electron chi connectivity index (χ0n) is 18.7. The first-order chi connectivity index (χ1) is 16.1. The molecule has 1 aliphatic heterocycles. The molecule has 1 aromatic carbocycles. The van der Waals surface area contributed by atoms with E-state index in [2.05, 4.69) is 4.98 Å². The Labute approximate surface area is 200 Å². The Morgan fingerprint density at radius 3 is 2.35 bits per heavy atom. The van der Waals surface area contributed by atoms with Gasteiger partial charge in [0.25, 0.3) is 0 Å². The second-order valence-electron chi connectivity index (χ2n) is 8.56. The number of β-amino-alcohol motifs (C(OH)–C–C–N with tert-alkyl or cyclic N) is 2. The number of unbranched alkanes of at least 4 members (excludes halogenated alkanes) is 3. The fourth-order valence-electron chi connectivity index (χ4n) is 3.86. The van der Waals surface area contributed by atoms with Crippen LogP contribution in [-0.2, 0) is 17.5 Å². The van der Waals surface area contributed by atoms with E-state index >= 15 is 0 Å². The van der Waals surface area contributed by atoms with Gasteiger partial charge in [-0.25, -0.2) is 4.98 Å². The van der Waals surface area contributed by atoms with Crippen LogP contribution in [0.3, 0.4) is 0 Å². The van der Waals surface area contributed by atoms with E-state index in [1.807, 2.05) is 4.90 Å². The molecule has 1 fully saturated rings. The second-order valence-corrected chi connectivity index (χ2v) is 9.42. The molecular formula is C23H31F3N2O5S. The quantitative estimate of drug-likeness (QED) is 0.369. The van der Waals surface area contributed by atoms with Gasteiger partial charge < -0.3 is 25.2 Å². The summed E-state index contributed by atoms with van der Waals surface area (Å²) in [5, 5.41) is 41.6. The maximum Gasteiger partial charge on any atom is 0.416 e. The highest BCUT2D eigenvalue weighted by Gasteiger charge is 2.36. The number of likely N-dealkylation sites (tertiary alicyclic amines) is 1. The van der Waals surface area contributed by atoms with Gasteiger partial charge in [0.15, 0.2) is 0 Å². The van der Waals surface area contributed by atoms with E-state index in [4.69, 9.17) is 4.74 Å². The number of alkyl halides is 3. The van der Waals surface area contributed by atoms with Crippen LogP contribution in [0.1, 0.15) is 36.9 Å². The molecule has 4 atom stereocenters. The van der Waals surface area contributed by atoms with Crippen molar-refractivity contribution in [2.75, 3.05) is 26.2 Å². The van der Waals surface area contributed by atoms with E-state index in [1.54, 1.807) is 11.4 Å². The van der Waals surface area contributed by atoms with Crippen LogP contribution in [0.5, 0.6) is 0 Å². The Bertz CT molecular complexity index is 881. The van der Waals surface area contributed by atoms with Crippen LogP contribution >= 0.6 is 11.3 Å². The van der Waals surface area contributed by atoms with Crippen molar-refractivity contribution < 1.29 is 38.3 Å². The molecule has 4 N–H and O–H groups in total. The Morgan fingerprint density at radius 1 is 1.00 bits per heavy atom. The summed E-state index contributed by atoms with van der Waals surface area (Å²) in [4.78, 5) is 6.22. The highest BCUT2D eigenvalue weighted by atomic mass is 32.1. The van der Waals surface area contributed by atoms with Crippen molar-refractivity contribution in [2.45, 2.75) is 62.9 Å². The fraction of sp³-hybridized carbons (Fsp3) is 0.609. The minimum absolute atomic E-state index is 0.203. The number of hydrogen-bond donors (Lipinski definition) is 4. The molecule has 2 heterocycles. The first kappa shape index (κ1) is 27.0. The van der Waals surface area contributed by atoms with E-state index in [0.717, 1.165) is 37.8 Å². The number of nitrogens with zero attached hydrogens (tertiary/aromatic N) is 2. The van der Waals surface area contributed by atoms with Gasteiger partial charge in [-0.3, -0.25) is 4.90 Å². The standard InChI is InChI=1S/C23H31F3N2O5S/c24-23(25,26)16-7-5-6-15(10-16)22-27-17(14-34-22)13-33-9-4-2-1-3-8-28-11-18(29)20(31)21(32)19(30)12-28/h5-7,10,14,18-21,29-32H,1-4,8-9,11-13H2/t18-,19-,20+,21+/m0/s1. The van der Waals surface area contributed by atoms with Gasteiger partial charge in [0.05, 0.1) is 30.1 Å². The lowest BCUT2D eigenvalue weighted by atomic mass is 10.1. The molecule has 7 nitrogen and oxygen atoms in total. The molecular weight excluding hydrogens is 473 g/mol. The lowest BCUT2D eigenvalue weighted by molar-refractivity contribution is -0.137. The summed E-state index contributed by atoms with van der Waals surface area (Å²) in [6.07, 6.45) is -5.75. The van der Waals surface area contributed by atoms with Crippen molar-refractivity contribution in [1.82, 2.24) is 9.88 Å². The van der Waals surface area contributed by atoms with Crippen LogP contribution in [0.2, 0.25) is 0 Å². The number of aliphatic hydroxyl groups is 4. The first-order valence-electron chi connectivity index (χ1n) is 11.3. The van der Waals surface area contributed by atoms with Crippen molar-refractivity contribution >= 4 is 11.3 Å². The molecule has 1 aromatic heterocycles. The number of ether oxygens (including phenoxy) is 1. The number of halogens is 3. The molecule has 3 rings (SSSR count). The van der Waals surface area contributed by atoms with Gasteiger partial charge in [0.2, 0.25) is 0 Å². The Morgan fingerprint density at radius 2 is 1.68 bits per heavy atom. The summed E-state index contributed by atoms with van der Waals surface area (Å²) in [6, 6.07) is 5.12. The maximum atomic E-state index is 12.9. The highest BCUT2D eigenvalue weighted by molar-refractivity contribution is 7.13. The third-order valence-electron chi connectivity index (χ3n) is 5.78. The molecule has 1 aliphatic rings. The van der Waals surface area contributed by atoms with Gasteiger partial charge in [-0.1, -0.05) is 25.0 Å². The summed E-state index contributed by atoms with van der Waals surface area (Å²) in [7, 11) is 0. The summed E-state index contributed by atoms with van der Waals surface area (Å²) < 4.78 is 44.3. The van der Waals surface area contributed by atoms with E-state index in [1.165, 1.54) is 17.4 Å². The van der Waals surface area contributed by atoms with Crippen LogP contribution < -0.4 is 0 Å². The van der Waals surface area contributed by atoms with Crippen molar-refractivity contribution in [2.24, 2.45) is 0 Å². The van der Waals surface area contributed by atoms with Gasteiger partial charge in [0.1, 0.15) is 17.2 Å². The molecule has 1 saturated heterocycles. The number of thiazole rings is 1. The lowest BCUT2D eigenvalue weighted by Crippen LogP contribution is -2.43. The molecule has 2 aromatic rings. The highest BCUT2D eigenvalue weighted by Crippen LogP contribution is 2.33. The third kappa shape index (κ3) is 7.70. The van der Waals surface area contributed by atoms with Gasteiger partial charge in [0, 0.05) is 30.6 Å². The zero-order valence-corrected chi connectivity index (χ0v) is 19.5. The van der Waals surface area contributed by atoms with Crippen molar-refractivity contribution in [3.05, 3.63) is 40.9 Å². The Balaban J connectivity index is 1.31. The number of rotatable bonds is 10. The van der Waals surface area contributed by atoms with Crippen LogP contribution in [0.25, 0.3) is 10.6 Å². The molecule has 0 spiro atoms. The van der Waals surface area contributed by atoms with Crippen molar-refractivity contribution in [3.8, 4) is 10.6 Å². The lowest BCUT2D eigenvalue weighted by Gasteiger charge is -2.23. The van der Waals surface area contributed by atoms with Crippen LogP contribution in [-0.4, -0.2) is 81.0 Å². The molecule has 11 heteroatoms. The normalized spacial score (nSPS) is 24.3. The first-order valence-corrected chi connectivity index (χ1v) is 12.2. The van der Waals surface area contributed by atoms with Gasteiger partial charge in [-0.15, -0.1) is 11.3 Å². The predicted molar refractivity (Wildman–Crippen MR) is 121 cm³/mol. The Hall–Kier alpha value is -1.60. The maximum absolute atomic E-state index is 12.9. The predicted octanol–water partition coefficient (Wildman–Crippen LogP) is 2.67. The molecule has 0 unspecified atom stereocenters. The van der Waals surface area contributed by atoms with Crippen LogP contribution in [0, 0.1) is 0 Å². The summed E-state index contributed by atoms with van der Waals surface area (Å²) in [6.45, 7) is 1.88. The summed E-state index contributed by atoms with van der Waals surface area (Å²) in [5.74, 6) is 0. The number of aromatic nitrogens is 1. The molecule has 0 aliphatic carbocycles. The third-order valence-corrected chi connectivity index (χ3v) is 6.72. The largest absolute Gasteiger partial charge is 0.416 e. The fourth-order valence-corrected chi connectivity index (χ4v) is 4.66. The SMILES string of the molecule is O[C@H]1[C@H](O)[C@@H](O)CN(CCCCCCOCc2csc(-c3cccc(C(F)(F)F)c3)n2)C[C@@H]1O. The molecule has 0 amide bonds. The molecule has 34 heavy (non-hydrogen) atoms. The van der Waals surface area contributed by atoms with E-state index in [0.29, 0.717) is 36.0 Å². The van der Waals surface area contributed by atoms with Crippen LogP contribution in [0.4, 0.5) is 13.2 Å². The topological polar surface area (TPSA) is 106 Å². The van der Waals surface area contributed by atoms with Crippen LogP contribution in [0.15, 0.2) is 29.6 Å². The zero-order chi connectivity index (χ0) is 24.7. The monoisotopic (exact) mass is 504 g/mol. The van der Waals surface area contributed by atoms with Crippen molar-refractivity contribution in [1.29, 1.82) is 0 Å². The smallest absolute Gasteiger partial charge is 0.389 e. The van der Waals surface area contributed by atoms with Crippen molar-refractivity contribution in [3.63, 3.8) is 0 Å². The van der Waals surface area contributed by atoms with Gasteiger partial charge in [-0.2, -0.15) is 13.2 Å². The van der Waals surface area contributed by atoms with Gasteiger partial charge >= 0.3 is 6.18 Å². The average molecular weight is 505 g/mol. The van der Waals surface area contributed by atoms with E-state index in [9.17, 15) is 33.6 Å². The number of hydrogen-bond acceptors (Lipinski definition) is 8. The number of benzene rings is 1. The molecule has 0 saturated carbocycles. The molecule has 0 radical (unpaired) electrons. The Kier molecular flexibility index (Phi) is 9.84. The van der Waals surface area contributed by atoms with E-state index in [-0.39, 0.29) is 13.1 Å². The second kappa shape index (κ2) is 12.4. The summed E-state index contributed by atoms with van der Waals surface area (Å²) in [5.41, 5.74) is 0.413. The minimum atomic E-state index is -4.39. The molecule has 190 valence electrons.